The van der Waals surface area contributed by atoms with Gasteiger partial charge in [-0.25, -0.2) is 0 Å². The van der Waals surface area contributed by atoms with Crippen LogP contribution in [0.5, 0.6) is 0 Å². The summed E-state index contributed by atoms with van der Waals surface area (Å²) in [5, 5.41) is 9.05. The number of ether oxygens (including phenoxy) is 1. The number of nitrogens with zero attached hydrogens (tertiary/aromatic N) is 1. The molecule has 0 bridgehead atoms. The number of piperidine rings is 1. The number of hydrogen-bond donors (Lipinski definition) is 1. The van der Waals surface area contributed by atoms with Crippen molar-refractivity contribution in [3.8, 4) is 0 Å². The van der Waals surface area contributed by atoms with Crippen LogP contribution in [0.1, 0.15) is 39.0 Å². The Labute approximate surface area is 112 Å². The number of hydrogen-bond acceptors (Lipinski definition) is 3. The Kier molecular flexibility index (Phi) is 3.04. The van der Waals surface area contributed by atoms with Crippen LogP contribution in [0.25, 0.3) is 0 Å². The molecule has 2 saturated heterocycles. The lowest BCUT2D eigenvalue weighted by Crippen LogP contribution is -2.44. The number of rotatable bonds is 2. The number of carboxylic acids is 1. The Hall–Kier alpha value is -1.10. The van der Waals surface area contributed by atoms with Gasteiger partial charge in [-0.2, -0.15) is 0 Å². The Balaban J connectivity index is 1.53. The molecule has 3 fully saturated rings. The van der Waals surface area contributed by atoms with Gasteiger partial charge < -0.3 is 14.7 Å². The Morgan fingerprint density at radius 3 is 2.42 bits per heavy atom. The smallest absolute Gasteiger partial charge is 0.307 e. The first-order valence-corrected chi connectivity index (χ1v) is 7.19. The quantitative estimate of drug-likeness (QED) is 0.818. The van der Waals surface area contributed by atoms with Crippen molar-refractivity contribution in [3.05, 3.63) is 0 Å². The molecule has 3 rings (SSSR count). The predicted molar refractivity (Wildman–Crippen MR) is 67.6 cm³/mol. The molecule has 2 heterocycles. The van der Waals surface area contributed by atoms with E-state index in [2.05, 4.69) is 0 Å². The van der Waals surface area contributed by atoms with Crippen LogP contribution < -0.4 is 0 Å². The number of carbonyl (C=O) groups excluding carboxylic acids is 1. The molecular formula is C14H21NO4. The molecule has 2 aliphatic heterocycles. The van der Waals surface area contributed by atoms with Gasteiger partial charge in [0, 0.05) is 13.1 Å². The minimum atomic E-state index is -0.673. The highest BCUT2D eigenvalue weighted by Crippen LogP contribution is 2.59. The first kappa shape index (κ1) is 12.9. The number of carboxylic acid groups (broad SMARTS) is 1. The van der Waals surface area contributed by atoms with Crippen molar-refractivity contribution in [2.45, 2.75) is 51.2 Å². The molecular weight excluding hydrogens is 246 g/mol. The highest BCUT2D eigenvalue weighted by molar-refractivity contribution is 5.81. The second-order valence-corrected chi connectivity index (χ2v) is 6.30. The molecule has 0 aromatic carbocycles. The monoisotopic (exact) mass is 267 g/mol. The summed E-state index contributed by atoms with van der Waals surface area (Å²) in [7, 11) is 0. The fourth-order valence-corrected chi connectivity index (χ4v) is 3.61. The van der Waals surface area contributed by atoms with Crippen molar-refractivity contribution in [1.82, 2.24) is 4.90 Å². The molecule has 5 heteroatoms. The van der Waals surface area contributed by atoms with Gasteiger partial charge in [-0.15, -0.1) is 0 Å². The lowest BCUT2D eigenvalue weighted by atomic mass is 9.90. The zero-order valence-corrected chi connectivity index (χ0v) is 11.3. The van der Waals surface area contributed by atoms with E-state index in [0.29, 0.717) is 13.1 Å². The Morgan fingerprint density at radius 2 is 1.95 bits per heavy atom. The number of amides is 1. The van der Waals surface area contributed by atoms with E-state index in [9.17, 15) is 9.59 Å². The normalized spacial score (nSPS) is 36.5. The van der Waals surface area contributed by atoms with Crippen LogP contribution in [-0.4, -0.2) is 47.2 Å². The highest BCUT2D eigenvalue weighted by atomic mass is 16.5. The third-order valence-corrected chi connectivity index (χ3v) is 5.07. The van der Waals surface area contributed by atoms with E-state index < -0.39 is 5.97 Å². The molecule has 1 aliphatic carbocycles. The summed E-state index contributed by atoms with van der Waals surface area (Å²) in [5.74, 6) is -0.744. The van der Waals surface area contributed by atoms with Crippen LogP contribution in [-0.2, 0) is 14.3 Å². The van der Waals surface area contributed by atoms with Gasteiger partial charge in [0.1, 0.15) is 6.10 Å². The number of aliphatic carboxylic acids is 1. The molecule has 0 aromatic rings. The minimum Gasteiger partial charge on any atom is -0.481 e. The van der Waals surface area contributed by atoms with Gasteiger partial charge in [0.2, 0.25) is 0 Å². The fraction of sp³-hybridized carbons (Fsp3) is 0.857. The third kappa shape index (κ3) is 2.24. The lowest BCUT2D eigenvalue weighted by Gasteiger charge is -2.34. The molecule has 1 saturated carbocycles. The first-order chi connectivity index (χ1) is 9.02. The summed E-state index contributed by atoms with van der Waals surface area (Å²) in [6, 6.07) is 0. The van der Waals surface area contributed by atoms with Crippen molar-refractivity contribution in [1.29, 1.82) is 0 Å². The second-order valence-electron chi connectivity index (χ2n) is 6.30. The van der Waals surface area contributed by atoms with E-state index in [1.54, 1.807) is 0 Å². The number of likely N-dealkylation sites (tertiary alicyclic amines) is 1. The molecule has 0 aromatic heterocycles. The predicted octanol–water partition coefficient (Wildman–Crippen LogP) is 1.27. The van der Waals surface area contributed by atoms with Gasteiger partial charge in [0.15, 0.2) is 0 Å². The van der Waals surface area contributed by atoms with Gasteiger partial charge in [0.05, 0.1) is 12.0 Å². The van der Waals surface area contributed by atoms with Crippen LogP contribution in [0.3, 0.4) is 0 Å². The van der Waals surface area contributed by atoms with Gasteiger partial charge in [-0.3, -0.25) is 9.59 Å². The fourth-order valence-electron chi connectivity index (χ4n) is 3.61. The molecule has 3 aliphatic rings. The summed E-state index contributed by atoms with van der Waals surface area (Å²) in [6.45, 7) is 3.38. The van der Waals surface area contributed by atoms with Gasteiger partial charge in [0.25, 0.3) is 5.91 Å². The SMILES string of the molecule is CC1CCC(C(=O)N2CCC3(CC2)CC3C(=O)O)O1. The van der Waals surface area contributed by atoms with Crippen LogP contribution in [0.2, 0.25) is 0 Å². The van der Waals surface area contributed by atoms with Crippen LogP contribution in [0, 0.1) is 11.3 Å². The summed E-state index contributed by atoms with van der Waals surface area (Å²) in [4.78, 5) is 25.1. The van der Waals surface area contributed by atoms with Crippen molar-refractivity contribution in [2.24, 2.45) is 11.3 Å². The summed E-state index contributed by atoms with van der Waals surface area (Å²) in [5.41, 5.74) is -0.00750. The molecule has 3 unspecified atom stereocenters. The maximum atomic E-state index is 12.3. The molecule has 19 heavy (non-hydrogen) atoms. The van der Waals surface area contributed by atoms with Crippen molar-refractivity contribution in [3.63, 3.8) is 0 Å². The average Bonchev–Trinajstić information content (AvgIpc) is 2.91. The second kappa shape index (κ2) is 4.47. The zero-order valence-electron chi connectivity index (χ0n) is 11.3. The van der Waals surface area contributed by atoms with Crippen molar-refractivity contribution < 1.29 is 19.4 Å². The summed E-state index contributed by atoms with van der Waals surface area (Å²) in [6.07, 6.45) is 4.15. The molecule has 1 spiro atoms. The van der Waals surface area contributed by atoms with Crippen LogP contribution in [0.15, 0.2) is 0 Å². The van der Waals surface area contributed by atoms with Gasteiger partial charge >= 0.3 is 5.97 Å². The number of carbonyl (C=O) groups is 2. The summed E-state index contributed by atoms with van der Waals surface area (Å²) >= 11 is 0. The molecule has 3 atom stereocenters. The highest BCUT2D eigenvalue weighted by Gasteiger charge is 2.59. The Morgan fingerprint density at radius 1 is 1.26 bits per heavy atom. The van der Waals surface area contributed by atoms with E-state index in [4.69, 9.17) is 9.84 Å². The molecule has 106 valence electrons. The Bertz CT molecular complexity index is 400. The molecule has 1 N–H and O–H groups in total. The average molecular weight is 267 g/mol. The lowest BCUT2D eigenvalue weighted by molar-refractivity contribution is -0.144. The van der Waals surface area contributed by atoms with Gasteiger partial charge in [-0.05, 0) is 44.4 Å². The minimum absolute atomic E-state index is 0.00750. The van der Waals surface area contributed by atoms with E-state index >= 15 is 0 Å². The van der Waals surface area contributed by atoms with Crippen LogP contribution in [0.4, 0.5) is 0 Å². The molecule has 1 amide bonds. The van der Waals surface area contributed by atoms with Gasteiger partial charge in [-0.1, -0.05) is 0 Å². The zero-order chi connectivity index (χ0) is 13.6. The third-order valence-electron chi connectivity index (χ3n) is 5.07. The van der Waals surface area contributed by atoms with E-state index in [-0.39, 0.29) is 29.4 Å². The largest absolute Gasteiger partial charge is 0.481 e. The molecule has 5 nitrogen and oxygen atoms in total. The van der Waals surface area contributed by atoms with Crippen molar-refractivity contribution in [2.75, 3.05) is 13.1 Å². The maximum Gasteiger partial charge on any atom is 0.307 e. The van der Waals surface area contributed by atoms with Crippen molar-refractivity contribution >= 4 is 11.9 Å². The molecule has 0 radical (unpaired) electrons. The maximum absolute atomic E-state index is 12.3. The standard InChI is InChI=1S/C14H21NO4/c1-9-2-3-11(19-9)12(16)15-6-4-14(5-7-15)8-10(14)13(17)18/h9-11H,2-8H2,1H3,(H,17,18). The van der Waals surface area contributed by atoms with Crippen LogP contribution >= 0.6 is 0 Å². The first-order valence-electron chi connectivity index (χ1n) is 7.19. The van der Waals surface area contributed by atoms with E-state index in [1.165, 1.54) is 0 Å². The topological polar surface area (TPSA) is 66.8 Å². The van der Waals surface area contributed by atoms with E-state index in [1.807, 2.05) is 11.8 Å². The van der Waals surface area contributed by atoms with E-state index in [0.717, 1.165) is 32.1 Å². The summed E-state index contributed by atoms with van der Waals surface area (Å²) < 4.78 is 5.62.